The predicted octanol–water partition coefficient (Wildman–Crippen LogP) is 3.36. The van der Waals surface area contributed by atoms with Gasteiger partial charge in [-0.3, -0.25) is 9.59 Å². The molecule has 0 bridgehead atoms. The van der Waals surface area contributed by atoms with Crippen molar-refractivity contribution in [2.75, 3.05) is 11.9 Å². The Morgan fingerprint density at radius 3 is 2.69 bits per heavy atom. The quantitative estimate of drug-likeness (QED) is 0.547. The molecular weight excluding hydrogens is 465 g/mol. The molecule has 0 saturated heterocycles. The van der Waals surface area contributed by atoms with Crippen LogP contribution in [0.4, 0.5) is 19.0 Å². The van der Waals surface area contributed by atoms with Gasteiger partial charge < -0.3 is 19.5 Å². The molecule has 2 amide bonds. The van der Waals surface area contributed by atoms with Crippen LogP contribution in [-0.2, 0) is 24.8 Å². The Labute approximate surface area is 199 Å². The van der Waals surface area contributed by atoms with Crippen LogP contribution in [-0.4, -0.2) is 49.0 Å². The van der Waals surface area contributed by atoms with Gasteiger partial charge in [0.25, 0.3) is 5.91 Å². The number of amides is 2. The van der Waals surface area contributed by atoms with E-state index >= 15 is 0 Å². The molecule has 4 rings (SSSR count). The minimum absolute atomic E-state index is 0.0522. The van der Waals surface area contributed by atoms with Gasteiger partial charge in [0.1, 0.15) is 11.6 Å². The van der Waals surface area contributed by atoms with Crippen molar-refractivity contribution in [1.82, 2.24) is 24.4 Å². The molecule has 3 aromatic rings. The lowest BCUT2D eigenvalue weighted by molar-refractivity contribution is -0.154. The van der Waals surface area contributed by atoms with Crippen molar-refractivity contribution in [2.24, 2.45) is 7.05 Å². The molecule has 1 atom stereocenters. The first-order chi connectivity index (χ1) is 16.5. The summed E-state index contributed by atoms with van der Waals surface area (Å²) in [5.74, 6) is 0.219. The van der Waals surface area contributed by atoms with Gasteiger partial charge in [-0.25, -0.2) is 15.0 Å². The van der Waals surface area contributed by atoms with Crippen LogP contribution >= 0.6 is 0 Å². The number of rotatable bonds is 7. The molecule has 0 aromatic carbocycles. The number of ether oxygens (including phenoxy) is 1. The van der Waals surface area contributed by atoms with Crippen LogP contribution in [0.3, 0.4) is 0 Å². The number of fused-ring (bicyclic) bond motifs is 1. The number of aromatic nitrogens is 4. The Morgan fingerprint density at radius 2 is 2.03 bits per heavy atom. The molecule has 12 heteroatoms. The van der Waals surface area contributed by atoms with Crippen molar-refractivity contribution >= 4 is 17.6 Å². The largest absolute Gasteiger partial charge is 0.468 e. The third kappa shape index (κ3) is 5.26. The Kier molecular flexibility index (Phi) is 6.46. The molecule has 3 aromatic heterocycles. The van der Waals surface area contributed by atoms with E-state index in [-0.39, 0.29) is 30.7 Å². The number of imidazole rings is 1. The highest BCUT2D eigenvalue weighted by Crippen LogP contribution is 2.34. The van der Waals surface area contributed by atoms with Crippen LogP contribution in [0.15, 0.2) is 36.9 Å². The molecule has 0 aliphatic carbocycles. The third-order valence-electron chi connectivity index (χ3n) is 5.75. The molecule has 4 heterocycles. The molecule has 35 heavy (non-hydrogen) atoms. The summed E-state index contributed by atoms with van der Waals surface area (Å²) in [4.78, 5) is 39.6. The van der Waals surface area contributed by atoms with Gasteiger partial charge in [-0.1, -0.05) is 0 Å². The minimum Gasteiger partial charge on any atom is -0.468 e. The number of nitrogens with zero attached hydrogens (tertiary/aromatic N) is 5. The van der Waals surface area contributed by atoms with E-state index in [9.17, 15) is 22.8 Å². The van der Waals surface area contributed by atoms with Gasteiger partial charge in [0.2, 0.25) is 11.8 Å². The Bertz CT molecular complexity index is 1270. The van der Waals surface area contributed by atoms with E-state index in [0.717, 1.165) is 0 Å². The number of anilines is 1. The van der Waals surface area contributed by atoms with Crippen LogP contribution in [0.2, 0.25) is 0 Å². The van der Waals surface area contributed by atoms with Gasteiger partial charge in [0.05, 0.1) is 19.0 Å². The number of pyridine rings is 2. The van der Waals surface area contributed by atoms with Crippen LogP contribution in [0.5, 0.6) is 5.88 Å². The summed E-state index contributed by atoms with van der Waals surface area (Å²) in [6.45, 7) is 2.15. The molecular formula is C23H23F3N6O3. The zero-order chi connectivity index (χ0) is 25.3. The van der Waals surface area contributed by atoms with E-state index in [4.69, 9.17) is 4.74 Å². The van der Waals surface area contributed by atoms with Gasteiger partial charge >= 0.3 is 6.18 Å². The van der Waals surface area contributed by atoms with Gasteiger partial charge in [-0.2, -0.15) is 13.2 Å². The number of halogens is 3. The van der Waals surface area contributed by atoms with Crippen LogP contribution < -0.4 is 10.1 Å². The molecule has 0 spiro atoms. The molecule has 0 saturated carbocycles. The topological polar surface area (TPSA) is 102 Å². The van der Waals surface area contributed by atoms with Crippen LogP contribution in [0.1, 0.15) is 45.8 Å². The summed E-state index contributed by atoms with van der Waals surface area (Å²) in [6, 6.07) is 2.80. The Balaban J connectivity index is 1.49. The monoisotopic (exact) mass is 488 g/mol. The molecule has 0 radical (unpaired) electrons. The van der Waals surface area contributed by atoms with Crippen molar-refractivity contribution in [3.63, 3.8) is 0 Å². The summed E-state index contributed by atoms with van der Waals surface area (Å²) in [6.07, 6.45) is 1.78. The summed E-state index contributed by atoms with van der Waals surface area (Å²) in [7, 11) is 1.79. The third-order valence-corrected chi connectivity index (χ3v) is 5.75. The van der Waals surface area contributed by atoms with E-state index in [1.54, 1.807) is 54.9 Å². The van der Waals surface area contributed by atoms with Crippen molar-refractivity contribution < 1.29 is 27.5 Å². The second-order valence-corrected chi connectivity index (χ2v) is 8.27. The van der Waals surface area contributed by atoms with Crippen molar-refractivity contribution in [3.8, 4) is 5.88 Å². The maximum Gasteiger partial charge on any atom is 0.422 e. The first kappa shape index (κ1) is 24.2. The van der Waals surface area contributed by atoms with Crippen molar-refractivity contribution in [2.45, 2.75) is 39.0 Å². The van der Waals surface area contributed by atoms with Gasteiger partial charge in [0.15, 0.2) is 6.61 Å². The molecule has 1 aliphatic rings. The fourth-order valence-electron chi connectivity index (χ4n) is 3.85. The number of alkyl halides is 3. The summed E-state index contributed by atoms with van der Waals surface area (Å²) < 4.78 is 43.8. The number of aryl methyl sites for hydroxylation is 2. The molecule has 1 aliphatic heterocycles. The highest BCUT2D eigenvalue weighted by Gasteiger charge is 2.34. The maximum absolute atomic E-state index is 13.1. The molecule has 184 valence electrons. The van der Waals surface area contributed by atoms with E-state index in [2.05, 4.69) is 20.3 Å². The lowest BCUT2D eigenvalue weighted by Crippen LogP contribution is -2.27. The van der Waals surface area contributed by atoms with Crippen LogP contribution in [0, 0.1) is 6.92 Å². The summed E-state index contributed by atoms with van der Waals surface area (Å²) >= 11 is 0. The van der Waals surface area contributed by atoms with Crippen molar-refractivity contribution in [3.05, 3.63) is 65.0 Å². The lowest BCUT2D eigenvalue weighted by atomic mass is 10.1. The SMILES string of the molecule is Cc1cc(C(C)N2Cc3c(ccnc3NC(=O)Cc3nccn3C)C2=O)cnc1OCC(F)(F)F. The fraction of sp³-hybridized carbons (Fsp3) is 0.348. The van der Waals surface area contributed by atoms with Gasteiger partial charge in [0, 0.05) is 48.5 Å². The Morgan fingerprint density at radius 1 is 1.26 bits per heavy atom. The highest BCUT2D eigenvalue weighted by molar-refractivity contribution is 6.01. The van der Waals surface area contributed by atoms with E-state index in [1.807, 2.05) is 0 Å². The minimum atomic E-state index is -4.47. The second-order valence-electron chi connectivity index (χ2n) is 8.27. The van der Waals surface area contributed by atoms with Crippen LogP contribution in [0.25, 0.3) is 0 Å². The molecule has 9 nitrogen and oxygen atoms in total. The Hall–Kier alpha value is -3.96. The first-order valence-electron chi connectivity index (χ1n) is 10.7. The standard InChI is InChI=1S/C23H23F3N6O3/c1-13-8-15(10-29-21(13)35-12-23(24,25)26)14(2)32-11-17-16(22(32)34)4-5-28-20(17)30-19(33)9-18-27-6-7-31(18)3/h4-8,10,14H,9,11-12H2,1-3H3,(H,28,30,33). The summed E-state index contributed by atoms with van der Waals surface area (Å²) in [5, 5.41) is 2.77. The summed E-state index contributed by atoms with van der Waals surface area (Å²) in [5.41, 5.74) is 2.07. The second kappa shape index (κ2) is 9.35. The number of nitrogens with one attached hydrogen (secondary N) is 1. The molecule has 1 N–H and O–H groups in total. The number of carbonyl (C=O) groups excluding carboxylic acids is 2. The van der Waals surface area contributed by atoms with E-state index in [1.165, 1.54) is 12.4 Å². The lowest BCUT2D eigenvalue weighted by Gasteiger charge is -2.25. The predicted molar refractivity (Wildman–Crippen MR) is 119 cm³/mol. The average Bonchev–Trinajstić information content (AvgIpc) is 3.35. The number of hydrogen-bond donors (Lipinski definition) is 1. The molecule has 0 fully saturated rings. The van der Waals surface area contributed by atoms with E-state index < -0.39 is 18.8 Å². The first-order valence-corrected chi connectivity index (χ1v) is 10.7. The smallest absolute Gasteiger partial charge is 0.422 e. The maximum atomic E-state index is 13.1. The zero-order valence-corrected chi connectivity index (χ0v) is 19.3. The molecule has 1 unspecified atom stereocenters. The number of hydrogen-bond acceptors (Lipinski definition) is 6. The average molecular weight is 488 g/mol. The van der Waals surface area contributed by atoms with E-state index in [0.29, 0.717) is 33.9 Å². The highest BCUT2D eigenvalue weighted by atomic mass is 19.4. The van der Waals surface area contributed by atoms with Gasteiger partial charge in [-0.05, 0) is 31.5 Å². The number of carbonyl (C=O) groups is 2. The fourth-order valence-corrected chi connectivity index (χ4v) is 3.85. The van der Waals surface area contributed by atoms with Gasteiger partial charge in [-0.15, -0.1) is 0 Å². The van der Waals surface area contributed by atoms with Crippen molar-refractivity contribution in [1.29, 1.82) is 0 Å². The zero-order valence-electron chi connectivity index (χ0n) is 19.3. The normalized spacial score (nSPS) is 14.1.